The molecule has 0 rings (SSSR count). The highest BCUT2D eigenvalue weighted by Gasteiger charge is 1.90. The van der Waals surface area contributed by atoms with Crippen molar-refractivity contribution in [1.29, 1.82) is 0 Å². The fraction of sp³-hybridized carbons (Fsp3) is 0.500. The Morgan fingerprint density at radius 1 is 1.64 bits per heavy atom. The number of carbonyl (C=O) groups is 1. The lowest BCUT2D eigenvalue weighted by molar-refractivity contribution is -0.104. The summed E-state index contributed by atoms with van der Waals surface area (Å²) in [5.74, 6) is 0. The first kappa shape index (κ1) is 8.25. The minimum atomic E-state index is 0.155. The molecular formula is C10H16O. The SMILES string of the molecule is [2H]C(C=O)=C(CC)CCC=CC. The van der Waals surface area contributed by atoms with Gasteiger partial charge in [-0.1, -0.05) is 24.6 Å². The fourth-order valence-corrected chi connectivity index (χ4v) is 0.859. The molecule has 0 bridgehead atoms. The van der Waals surface area contributed by atoms with Crippen LogP contribution in [0, 0.1) is 0 Å². The predicted molar refractivity (Wildman–Crippen MR) is 48.5 cm³/mol. The van der Waals surface area contributed by atoms with Gasteiger partial charge in [-0.05, 0) is 32.2 Å². The van der Waals surface area contributed by atoms with E-state index < -0.39 is 0 Å². The highest BCUT2D eigenvalue weighted by Crippen LogP contribution is 2.08. The molecular weight excluding hydrogens is 136 g/mol. The third-order valence-corrected chi connectivity index (χ3v) is 1.54. The number of hydrogen-bond acceptors (Lipinski definition) is 1. The molecule has 0 amide bonds. The largest absolute Gasteiger partial charge is 0.299 e. The molecule has 0 spiro atoms. The zero-order valence-corrected chi connectivity index (χ0v) is 7.26. The predicted octanol–water partition coefficient (Wildman–Crippen LogP) is 2.88. The Morgan fingerprint density at radius 3 is 2.82 bits per heavy atom. The van der Waals surface area contributed by atoms with Gasteiger partial charge < -0.3 is 0 Å². The summed E-state index contributed by atoms with van der Waals surface area (Å²) in [4.78, 5) is 10.3. The van der Waals surface area contributed by atoms with Crippen molar-refractivity contribution >= 4 is 6.29 Å². The number of aldehydes is 1. The van der Waals surface area contributed by atoms with E-state index in [1.54, 1.807) is 0 Å². The van der Waals surface area contributed by atoms with Crippen LogP contribution in [0.25, 0.3) is 0 Å². The maximum absolute atomic E-state index is 10.3. The Hall–Kier alpha value is -0.850. The Morgan fingerprint density at radius 2 is 2.36 bits per heavy atom. The van der Waals surface area contributed by atoms with E-state index in [0.29, 0.717) is 6.29 Å². The molecule has 0 atom stereocenters. The lowest BCUT2D eigenvalue weighted by Crippen LogP contribution is -1.81. The van der Waals surface area contributed by atoms with Crippen LogP contribution in [0.5, 0.6) is 0 Å². The Kier molecular flexibility index (Phi) is 5.44. The van der Waals surface area contributed by atoms with Crippen LogP contribution in [0.4, 0.5) is 0 Å². The van der Waals surface area contributed by atoms with Crippen LogP contribution in [-0.2, 0) is 4.79 Å². The molecule has 0 saturated carbocycles. The highest BCUT2D eigenvalue weighted by molar-refractivity contribution is 5.66. The van der Waals surface area contributed by atoms with Crippen LogP contribution in [0.15, 0.2) is 23.8 Å². The third kappa shape index (κ3) is 5.59. The van der Waals surface area contributed by atoms with Crippen LogP contribution < -0.4 is 0 Å². The second kappa shape index (κ2) is 7.26. The van der Waals surface area contributed by atoms with Gasteiger partial charge in [0, 0.05) is 0 Å². The van der Waals surface area contributed by atoms with Gasteiger partial charge in [0.1, 0.15) is 6.29 Å². The molecule has 0 N–H and O–H groups in total. The van der Waals surface area contributed by atoms with Gasteiger partial charge in [-0.25, -0.2) is 0 Å². The Labute approximate surface area is 70.2 Å². The van der Waals surface area contributed by atoms with Gasteiger partial charge in [-0.15, -0.1) is 0 Å². The molecule has 0 radical (unpaired) electrons. The van der Waals surface area contributed by atoms with Crippen molar-refractivity contribution in [2.24, 2.45) is 0 Å². The van der Waals surface area contributed by atoms with Crippen molar-refractivity contribution in [3.63, 3.8) is 0 Å². The maximum atomic E-state index is 10.3. The second-order valence-corrected chi connectivity index (χ2v) is 2.33. The summed E-state index contributed by atoms with van der Waals surface area (Å²) in [5, 5.41) is 0. The molecule has 0 unspecified atom stereocenters. The number of rotatable bonds is 5. The van der Waals surface area contributed by atoms with E-state index in [9.17, 15) is 4.79 Å². The summed E-state index contributed by atoms with van der Waals surface area (Å²) in [6, 6.07) is 0.155. The van der Waals surface area contributed by atoms with Gasteiger partial charge in [0.15, 0.2) is 0 Å². The van der Waals surface area contributed by atoms with Gasteiger partial charge in [0.05, 0.1) is 1.37 Å². The van der Waals surface area contributed by atoms with Crippen LogP contribution in [0.3, 0.4) is 0 Å². The molecule has 1 heteroatoms. The van der Waals surface area contributed by atoms with E-state index in [4.69, 9.17) is 1.37 Å². The van der Waals surface area contributed by atoms with Crippen LogP contribution in [0.2, 0.25) is 0 Å². The maximum Gasteiger partial charge on any atom is 0.142 e. The molecule has 0 aromatic carbocycles. The van der Waals surface area contributed by atoms with Crippen LogP contribution in [0.1, 0.15) is 34.5 Å². The monoisotopic (exact) mass is 153 g/mol. The molecule has 1 nitrogen and oxygen atoms in total. The zero-order valence-electron chi connectivity index (χ0n) is 8.26. The summed E-state index contributed by atoms with van der Waals surface area (Å²) in [7, 11) is 0. The smallest absolute Gasteiger partial charge is 0.142 e. The van der Waals surface area contributed by atoms with Crippen molar-refractivity contribution in [2.75, 3.05) is 0 Å². The van der Waals surface area contributed by atoms with E-state index in [1.165, 1.54) is 0 Å². The highest BCUT2D eigenvalue weighted by atomic mass is 16.1. The molecule has 0 heterocycles. The van der Waals surface area contributed by atoms with E-state index in [1.807, 2.05) is 26.0 Å². The standard InChI is InChI=1S/C10H16O/c1-3-5-6-7-10(4-2)8-9-11/h3,5,8-9H,4,6-7H2,1-2H3/i8D. The molecule has 0 aliphatic rings. The minimum absolute atomic E-state index is 0.155. The quantitative estimate of drug-likeness (QED) is 0.337. The molecule has 0 saturated heterocycles. The molecule has 0 aliphatic carbocycles. The van der Waals surface area contributed by atoms with Gasteiger partial charge in [-0.2, -0.15) is 0 Å². The van der Waals surface area contributed by atoms with Crippen molar-refractivity contribution in [3.8, 4) is 0 Å². The first-order chi connectivity index (χ1) is 5.76. The van der Waals surface area contributed by atoms with Gasteiger partial charge >= 0.3 is 0 Å². The van der Waals surface area contributed by atoms with Crippen molar-refractivity contribution in [1.82, 2.24) is 0 Å². The third-order valence-electron chi connectivity index (χ3n) is 1.54. The van der Waals surface area contributed by atoms with Crippen molar-refractivity contribution in [3.05, 3.63) is 23.8 Å². The zero-order chi connectivity index (χ0) is 9.40. The molecule has 0 aliphatic heterocycles. The molecule has 0 aromatic heterocycles. The summed E-state index contributed by atoms with van der Waals surface area (Å²) in [5.41, 5.74) is 0.947. The Balaban J connectivity index is 4.08. The van der Waals surface area contributed by atoms with Gasteiger partial charge in [0.2, 0.25) is 0 Å². The van der Waals surface area contributed by atoms with Crippen LogP contribution >= 0.6 is 0 Å². The summed E-state index contributed by atoms with van der Waals surface area (Å²) in [6.07, 6.45) is 7.21. The first-order valence-electron chi connectivity index (χ1n) is 4.51. The molecule has 0 aromatic rings. The van der Waals surface area contributed by atoms with E-state index in [2.05, 4.69) is 0 Å². The first-order valence-corrected chi connectivity index (χ1v) is 4.01. The number of carbonyl (C=O) groups excluding carboxylic acids is 1. The number of allylic oxidation sites excluding steroid dienone is 4. The van der Waals surface area contributed by atoms with Crippen molar-refractivity contribution < 1.29 is 6.17 Å². The molecule has 0 fully saturated rings. The van der Waals surface area contributed by atoms with Crippen molar-refractivity contribution in [2.45, 2.75) is 33.1 Å². The molecule has 62 valence electrons. The van der Waals surface area contributed by atoms with E-state index >= 15 is 0 Å². The van der Waals surface area contributed by atoms with E-state index in [-0.39, 0.29) is 6.05 Å². The summed E-state index contributed by atoms with van der Waals surface area (Å²) < 4.78 is 7.30. The second-order valence-electron chi connectivity index (χ2n) is 2.33. The van der Waals surface area contributed by atoms with E-state index in [0.717, 1.165) is 24.8 Å². The fourth-order valence-electron chi connectivity index (χ4n) is 0.859. The topological polar surface area (TPSA) is 17.1 Å². The minimum Gasteiger partial charge on any atom is -0.299 e. The lowest BCUT2D eigenvalue weighted by Gasteiger charge is -1.98. The van der Waals surface area contributed by atoms with Gasteiger partial charge in [-0.3, -0.25) is 4.79 Å². The van der Waals surface area contributed by atoms with Gasteiger partial charge in [0.25, 0.3) is 0 Å². The summed E-state index contributed by atoms with van der Waals surface area (Å²) >= 11 is 0. The average Bonchev–Trinajstić information content (AvgIpc) is 2.11. The lowest BCUT2D eigenvalue weighted by atomic mass is 10.1. The average molecular weight is 153 g/mol. The Bertz CT molecular complexity index is 192. The normalized spacial score (nSPS) is 14.5. The summed E-state index contributed by atoms with van der Waals surface area (Å²) in [6.45, 7) is 3.94. The number of hydrogen-bond donors (Lipinski definition) is 0. The molecule has 11 heavy (non-hydrogen) atoms. The van der Waals surface area contributed by atoms with Crippen LogP contribution in [-0.4, -0.2) is 6.29 Å².